The third kappa shape index (κ3) is 4.50. The minimum atomic E-state index is 0.911. The number of rotatable bonds is 5. The Morgan fingerprint density at radius 2 is 1.06 bits per heavy atom. The first kappa shape index (κ1) is 27.9. The van der Waals surface area contributed by atoms with Crippen LogP contribution in [0.25, 0.3) is 87.6 Å². The summed E-state index contributed by atoms with van der Waals surface area (Å²) >= 11 is 0. The number of allylic oxidation sites excluding steroid dienone is 2. The number of fused-ring (bicyclic) bond motifs is 7. The third-order valence-electron chi connectivity index (χ3n) is 9.75. The molecule has 2 N–H and O–H groups in total. The van der Waals surface area contributed by atoms with Gasteiger partial charge in [0.1, 0.15) is 0 Å². The quantitative estimate of drug-likeness (QED) is 0.193. The zero-order valence-electron chi connectivity index (χ0n) is 26.4. The Morgan fingerprint density at radius 1 is 0.479 bits per heavy atom. The molecule has 9 rings (SSSR count). The fourth-order valence-electron chi connectivity index (χ4n) is 7.30. The van der Waals surface area contributed by atoms with E-state index in [1.807, 2.05) is 6.08 Å². The highest BCUT2D eigenvalue weighted by Crippen LogP contribution is 2.40. The maximum Gasteiger partial charge on any atom is 0.0619 e. The number of hydrogen-bond donors (Lipinski definition) is 1. The largest absolute Gasteiger partial charge is 0.404 e. The fourth-order valence-corrected chi connectivity index (χ4v) is 7.30. The highest BCUT2D eigenvalue weighted by atomic mass is 15.0. The SMILES string of the molecule is C=C/C(=C\N)c1ccc2c3ccc4cc(-c5ccc6cc(-c7ccccc7)ccc6c5)ccc4c3n(-c3ccc4ccccc4c3)c2c1. The second kappa shape index (κ2) is 11.2. The topological polar surface area (TPSA) is 30.9 Å². The van der Waals surface area contributed by atoms with Crippen molar-refractivity contribution in [2.24, 2.45) is 5.73 Å². The van der Waals surface area contributed by atoms with E-state index in [9.17, 15) is 0 Å². The smallest absolute Gasteiger partial charge is 0.0619 e. The van der Waals surface area contributed by atoms with Gasteiger partial charge in [0.05, 0.1) is 11.0 Å². The van der Waals surface area contributed by atoms with Crippen LogP contribution in [-0.4, -0.2) is 4.57 Å². The van der Waals surface area contributed by atoms with Gasteiger partial charge in [-0.15, -0.1) is 0 Å². The molecule has 0 bridgehead atoms. The van der Waals surface area contributed by atoms with Gasteiger partial charge in [0.25, 0.3) is 0 Å². The van der Waals surface area contributed by atoms with Gasteiger partial charge in [-0.2, -0.15) is 0 Å². The molecule has 0 amide bonds. The first-order chi connectivity index (χ1) is 23.7. The van der Waals surface area contributed by atoms with Crippen LogP contribution in [-0.2, 0) is 0 Å². The lowest BCUT2D eigenvalue weighted by Gasteiger charge is -2.13. The number of nitrogens with zero attached hydrogens (tertiary/aromatic N) is 1. The minimum absolute atomic E-state index is 0.911. The number of aromatic nitrogens is 1. The summed E-state index contributed by atoms with van der Waals surface area (Å²) in [5, 5.41) is 9.77. The van der Waals surface area contributed by atoms with Gasteiger partial charge in [-0.3, -0.25) is 0 Å². The van der Waals surface area contributed by atoms with Crippen molar-refractivity contribution in [3.05, 3.63) is 182 Å². The predicted molar refractivity (Wildman–Crippen MR) is 207 cm³/mol. The first-order valence-corrected chi connectivity index (χ1v) is 16.3. The number of benzene rings is 8. The minimum Gasteiger partial charge on any atom is -0.404 e. The van der Waals surface area contributed by atoms with E-state index in [1.54, 1.807) is 6.20 Å². The lowest BCUT2D eigenvalue weighted by molar-refractivity contribution is 1.19. The van der Waals surface area contributed by atoms with E-state index in [2.05, 4.69) is 169 Å². The molecule has 0 unspecified atom stereocenters. The van der Waals surface area contributed by atoms with E-state index in [4.69, 9.17) is 5.73 Å². The average molecular weight is 613 g/mol. The van der Waals surface area contributed by atoms with Crippen LogP contribution in [0.15, 0.2) is 177 Å². The van der Waals surface area contributed by atoms with Crippen molar-refractivity contribution in [1.82, 2.24) is 4.57 Å². The Morgan fingerprint density at radius 3 is 1.81 bits per heavy atom. The molecule has 2 heteroatoms. The normalized spacial score (nSPS) is 12.0. The van der Waals surface area contributed by atoms with Crippen LogP contribution in [0.3, 0.4) is 0 Å². The maximum absolute atomic E-state index is 6.00. The molecular weight excluding hydrogens is 581 g/mol. The Kier molecular flexibility index (Phi) is 6.48. The van der Waals surface area contributed by atoms with Gasteiger partial charge in [-0.25, -0.2) is 0 Å². The summed E-state index contributed by atoms with van der Waals surface area (Å²) in [5.74, 6) is 0. The van der Waals surface area contributed by atoms with E-state index in [-0.39, 0.29) is 0 Å². The standard InChI is InChI=1S/C46H32N2/c1-2-30(29-47)39-18-22-43-44-23-19-40-26-38(37-15-14-35-24-34(12-13-36(35)25-37)31-8-4-3-5-9-31)17-21-42(40)46(44)48(45(43)28-39)41-20-16-32-10-6-7-11-33(32)27-41/h2-29H,1,47H2/b30-29+. The predicted octanol–water partition coefficient (Wildman–Crippen LogP) is 12.1. The van der Waals surface area contributed by atoms with Gasteiger partial charge < -0.3 is 10.3 Å². The molecular formula is C46H32N2. The fraction of sp³-hybridized carbons (Fsp3) is 0. The van der Waals surface area contributed by atoms with E-state index >= 15 is 0 Å². The molecule has 0 radical (unpaired) electrons. The van der Waals surface area contributed by atoms with Crippen LogP contribution in [0.5, 0.6) is 0 Å². The maximum atomic E-state index is 6.00. The van der Waals surface area contributed by atoms with Crippen LogP contribution in [0.4, 0.5) is 0 Å². The Labute approximate surface area is 279 Å². The summed E-state index contributed by atoms with van der Waals surface area (Å²) in [6.07, 6.45) is 3.44. The van der Waals surface area contributed by atoms with E-state index < -0.39 is 0 Å². The summed E-state index contributed by atoms with van der Waals surface area (Å²) in [4.78, 5) is 0. The number of nitrogens with two attached hydrogens (primary N) is 1. The third-order valence-corrected chi connectivity index (χ3v) is 9.75. The van der Waals surface area contributed by atoms with Crippen molar-refractivity contribution in [3.63, 3.8) is 0 Å². The van der Waals surface area contributed by atoms with Crippen molar-refractivity contribution in [2.75, 3.05) is 0 Å². The van der Waals surface area contributed by atoms with Gasteiger partial charge in [0, 0.05) is 28.0 Å². The highest BCUT2D eigenvalue weighted by Gasteiger charge is 2.17. The summed E-state index contributed by atoms with van der Waals surface area (Å²) in [6.45, 7) is 4.00. The van der Waals surface area contributed by atoms with Crippen molar-refractivity contribution in [2.45, 2.75) is 0 Å². The summed E-state index contributed by atoms with van der Waals surface area (Å²) < 4.78 is 2.42. The molecule has 2 nitrogen and oxygen atoms in total. The highest BCUT2D eigenvalue weighted by molar-refractivity contribution is 6.19. The van der Waals surface area contributed by atoms with Crippen molar-refractivity contribution >= 4 is 59.7 Å². The monoisotopic (exact) mass is 612 g/mol. The summed E-state index contributed by atoms with van der Waals surface area (Å²) in [7, 11) is 0. The van der Waals surface area contributed by atoms with Gasteiger partial charge in [0.15, 0.2) is 0 Å². The average Bonchev–Trinajstić information content (AvgIpc) is 3.49. The molecule has 0 saturated carbocycles. The van der Waals surface area contributed by atoms with Gasteiger partial charge >= 0.3 is 0 Å². The van der Waals surface area contributed by atoms with Crippen LogP contribution in [0.1, 0.15) is 5.56 Å². The molecule has 1 aromatic heterocycles. The van der Waals surface area contributed by atoms with E-state index in [0.717, 1.165) is 22.3 Å². The van der Waals surface area contributed by atoms with Crippen molar-refractivity contribution in [3.8, 4) is 27.9 Å². The Bertz CT molecular complexity index is 2750. The lowest BCUT2D eigenvalue weighted by Crippen LogP contribution is -1.96. The van der Waals surface area contributed by atoms with Crippen molar-refractivity contribution < 1.29 is 0 Å². The molecule has 0 spiro atoms. The Balaban J connectivity index is 1.23. The van der Waals surface area contributed by atoms with Crippen LogP contribution in [0.2, 0.25) is 0 Å². The lowest BCUT2D eigenvalue weighted by atomic mass is 9.96. The molecule has 0 saturated heterocycles. The van der Waals surface area contributed by atoms with Crippen LogP contribution >= 0.6 is 0 Å². The second-order valence-electron chi connectivity index (χ2n) is 12.5. The molecule has 8 aromatic carbocycles. The van der Waals surface area contributed by atoms with E-state index in [1.165, 1.54) is 70.9 Å². The molecule has 0 aliphatic carbocycles. The number of hydrogen-bond acceptors (Lipinski definition) is 1. The van der Waals surface area contributed by atoms with Gasteiger partial charge in [0.2, 0.25) is 0 Å². The van der Waals surface area contributed by atoms with E-state index in [0.29, 0.717) is 0 Å². The van der Waals surface area contributed by atoms with Crippen LogP contribution in [0, 0.1) is 0 Å². The zero-order chi connectivity index (χ0) is 32.2. The molecule has 48 heavy (non-hydrogen) atoms. The molecule has 0 atom stereocenters. The van der Waals surface area contributed by atoms with Gasteiger partial charge in [-0.05, 0) is 96.7 Å². The summed E-state index contributed by atoms with van der Waals surface area (Å²) in [5.41, 5.74) is 16.3. The molecule has 226 valence electrons. The van der Waals surface area contributed by atoms with Crippen LogP contribution < -0.4 is 5.73 Å². The van der Waals surface area contributed by atoms with Gasteiger partial charge in [-0.1, -0.05) is 134 Å². The second-order valence-corrected chi connectivity index (χ2v) is 12.5. The van der Waals surface area contributed by atoms with Crippen molar-refractivity contribution in [1.29, 1.82) is 0 Å². The molecule has 0 aliphatic rings. The molecule has 0 aliphatic heterocycles. The Hall–Kier alpha value is -6.38. The zero-order valence-corrected chi connectivity index (χ0v) is 26.4. The summed E-state index contributed by atoms with van der Waals surface area (Å²) in [6, 6.07) is 57.4. The first-order valence-electron chi connectivity index (χ1n) is 16.3. The molecule has 1 heterocycles. The molecule has 9 aromatic rings. The molecule has 0 fully saturated rings.